The van der Waals surface area contributed by atoms with E-state index in [4.69, 9.17) is 11.6 Å². The molecule has 4 aromatic rings. The zero-order chi connectivity index (χ0) is 16.4. The molecular weight excluding hydrogens is 322 g/mol. The molecule has 0 aliphatic rings. The highest BCUT2D eigenvalue weighted by Crippen LogP contribution is 2.30. The summed E-state index contributed by atoms with van der Waals surface area (Å²) in [7, 11) is 0. The fourth-order valence-corrected chi connectivity index (χ4v) is 3.02. The Morgan fingerprint density at radius 2 is 1.83 bits per heavy atom. The Balaban J connectivity index is 1.60. The highest BCUT2D eigenvalue weighted by Gasteiger charge is 2.09. The van der Waals surface area contributed by atoms with Crippen LogP contribution in [-0.4, -0.2) is 26.3 Å². The number of hydrogen-bond acceptors (Lipinski definition) is 4. The van der Waals surface area contributed by atoms with E-state index in [0.717, 1.165) is 46.9 Å². The number of imidazole rings is 1. The van der Waals surface area contributed by atoms with Crippen LogP contribution in [0, 0.1) is 0 Å². The van der Waals surface area contributed by atoms with Gasteiger partial charge in [0.1, 0.15) is 0 Å². The molecule has 0 fully saturated rings. The monoisotopic (exact) mass is 337 g/mol. The maximum atomic E-state index is 6.25. The van der Waals surface area contributed by atoms with Gasteiger partial charge in [0.15, 0.2) is 11.0 Å². The molecule has 5 nitrogen and oxygen atoms in total. The molecule has 120 valence electrons. The fraction of sp³-hybridized carbons (Fsp3) is 0.167. The van der Waals surface area contributed by atoms with Gasteiger partial charge in [-0.2, -0.15) is 0 Å². The smallest absolute Gasteiger partial charge is 0.159 e. The number of nitrogens with zero attached hydrogens (tertiary/aromatic N) is 4. The minimum Gasteiger partial charge on any atom is -0.368 e. The van der Waals surface area contributed by atoms with Crippen LogP contribution in [-0.2, 0) is 6.54 Å². The predicted octanol–water partition coefficient (Wildman–Crippen LogP) is 4.14. The van der Waals surface area contributed by atoms with Crippen molar-refractivity contribution >= 4 is 39.0 Å². The van der Waals surface area contributed by atoms with E-state index >= 15 is 0 Å². The minimum absolute atomic E-state index is 0.430. The Morgan fingerprint density at radius 1 is 1.04 bits per heavy atom. The predicted molar refractivity (Wildman–Crippen MR) is 97.4 cm³/mol. The van der Waals surface area contributed by atoms with E-state index in [0.29, 0.717) is 5.15 Å². The maximum absolute atomic E-state index is 6.25. The number of aryl methyl sites for hydroxylation is 1. The third-order valence-corrected chi connectivity index (χ3v) is 4.32. The quantitative estimate of drug-likeness (QED) is 0.439. The summed E-state index contributed by atoms with van der Waals surface area (Å²) in [6, 6.07) is 12.4. The number of anilines is 1. The molecule has 1 N–H and O–H groups in total. The third-order valence-electron chi connectivity index (χ3n) is 4.05. The molecule has 0 aliphatic carbocycles. The first-order valence-electron chi connectivity index (χ1n) is 7.85. The normalized spacial score (nSPS) is 11.2. The van der Waals surface area contributed by atoms with Crippen molar-refractivity contribution in [2.24, 2.45) is 0 Å². The average molecular weight is 338 g/mol. The van der Waals surface area contributed by atoms with Gasteiger partial charge < -0.3 is 9.88 Å². The van der Waals surface area contributed by atoms with Crippen LogP contribution in [0.1, 0.15) is 6.42 Å². The number of benzene rings is 2. The first-order chi connectivity index (χ1) is 11.8. The van der Waals surface area contributed by atoms with Crippen LogP contribution in [0.15, 0.2) is 55.1 Å². The Morgan fingerprint density at radius 3 is 2.58 bits per heavy atom. The number of fused-ring (bicyclic) bond motifs is 2. The molecule has 0 bridgehead atoms. The van der Waals surface area contributed by atoms with Crippen LogP contribution >= 0.6 is 11.6 Å². The average Bonchev–Trinajstić information content (AvgIpc) is 3.13. The summed E-state index contributed by atoms with van der Waals surface area (Å²) in [6.07, 6.45) is 6.54. The number of hydrogen-bond donors (Lipinski definition) is 1. The molecular formula is C18H16ClN5. The van der Waals surface area contributed by atoms with Crippen molar-refractivity contribution in [1.29, 1.82) is 0 Å². The van der Waals surface area contributed by atoms with Crippen molar-refractivity contribution in [2.75, 3.05) is 11.9 Å². The SMILES string of the molecule is Clc1nnc(NCCCn2ccnc2)c2cc3ccccc3cc12. The second-order valence-electron chi connectivity index (χ2n) is 5.67. The second kappa shape index (κ2) is 6.45. The van der Waals surface area contributed by atoms with Gasteiger partial charge in [-0.15, -0.1) is 10.2 Å². The van der Waals surface area contributed by atoms with E-state index in [-0.39, 0.29) is 0 Å². The van der Waals surface area contributed by atoms with Gasteiger partial charge >= 0.3 is 0 Å². The lowest BCUT2D eigenvalue weighted by atomic mass is 10.1. The van der Waals surface area contributed by atoms with Gasteiger partial charge in [0, 0.05) is 36.3 Å². The highest BCUT2D eigenvalue weighted by atomic mass is 35.5. The van der Waals surface area contributed by atoms with Crippen LogP contribution in [0.5, 0.6) is 0 Å². The molecule has 2 aromatic heterocycles. The lowest BCUT2D eigenvalue weighted by Gasteiger charge is -2.10. The maximum Gasteiger partial charge on any atom is 0.159 e. The molecule has 0 atom stereocenters. The van der Waals surface area contributed by atoms with Crippen LogP contribution < -0.4 is 5.32 Å². The van der Waals surface area contributed by atoms with Crippen molar-refractivity contribution in [2.45, 2.75) is 13.0 Å². The van der Waals surface area contributed by atoms with Gasteiger partial charge in [-0.3, -0.25) is 0 Å². The van der Waals surface area contributed by atoms with Crippen LogP contribution in [0.4, 0.5) is 5.82 Å². The number of aromatic nitrogens is 4. The molecule has 0 radical (unpaired) electrons. The van der Waals surface area contributed by atoms with Crippen LogP contribution in [0.2, 0.25) is 5.15 Å². The van der Waals surface area contributed by atoms with Gasteiger partial charge in [-0.05, 0) is 29.3 Å². The van der Waals surface area contributed by atoms with E-state index in [9.17, 15) is 0 Å². The Labute approximate surface area is 144 Å². The molecule has 0 amide bonds. The van der Waals surface area contributed by atoms with E-state index < -0.39 is 0 Å². The first-order valence-corrected chi connectivity index (χ1v) is 8.23. The second-order valence-corrected chi connectivity index (χ2v) is 6.02. The Hall–Kier alpha value is -2.66. The summed E-state index contributed by atoms with van der Waals surface area (Å²) in [4.78, 5) is 4.04. The summed E-state index contributed by atoms with van der Waals surface area (Å²) < 4.78 is 2.06. The fourth-order valence-electron chi connectivity index (χ4n) is 2.83. The summed E-state index contributed by atoms with van der Waals surface area (Å²) in [6.45, 7) is 1.71. The van der Waals surface area contributed by atoms with Crippen molar-refractivity contribution in [3.05, 3.63) is 60.3 Å². The number of rotatable bonds is 5. The minimum atomic E-state index is 0.430. The van der Waals surface area contributed by atoms with Crippen LogP contribution in [0.3, 0.4) is 0 Å². The number of halogens is 1. The van der Waals surface area contributed by atoms with Gasteiger partial charge in [0.05, 0.1) is 6.33 Å². The van der Waals surface area contributed by atoms with Crippen LogP contribution in [0.25, 0.3) is 21.5 Å². The lowest BCUT2D eigenvalue weighted by molar-refractivity contribution is 0.660. The molecule has 0 spiro atoms. The summed E-state index contributed by atoms with van der Waals surface area (Å²) in [5, 5.41) is 16.3. The summed E-state index contributed by atoms with van der Waals surface area (Å²) >= 11 is 6.25. The van der Waals surface area contributed by atoms with Gasteiger partial charge in [0.2, 0.25) is 0 Å². The number of nitrogens with one attached hydrogen (secondary N) is 1. The first kappa shape index (κ1) is 14.9. The molecule has 0 saturated carbocycles. The zero-order valence-corrected chi connectivity index (χ0v) is 13.7. The largest absolute Gasteiger partial charge is 0.368 e. The molecule has 24 heavy (non-hydrogen) atoms. The Bertz CT molecular complexity index is 981. The molecule has 0 aliphatic heterocycles. The van der Waals surface area contributed by atoms with Crippen molar-refractivity contribution in [1.82, 2.24) is 19.7 Å². The third kappa shape index (κ3) is 2.90. The van der Waals surface area contributed by atoms with Gasteiger partial charge in [0.25, 0.3) is 0 Å². The summed E-state index contributed by atoms with van der Waals surface area (Å²) in [5.41, 5.74) is 0. The van der Waals surface area contributed by atoms with Crippen molar-refractivity contribution < 1.29 is 0 Å². The zero-order valence-electron chi connectivity index (χ0n) is 13.0. The van der Waals surface area contributed by atoms with E-state index in [2.05, 4.69) is 49.3 Å². The van der Waals surface area contributed by atoms with E-state index in [1.807, 2.05) is 24.7 Å². The molecule has 2 aromatic carbocycles. The summed E-state index contributed by atoms with van der Waals surface area (Å²) in [5.74, 6) is 0.769. The van der Waals surface area contributed by atoms with E-state index in [1.165, 1.54) is 0 Å². The molecule has 2 heterocycles. The lowest BCUT2D eigenvalue weighted by Crippen LogP contribution is -2.08. The topological polar surface area (TPSA) is 55.6 Å². The van der Waals surface area contributed by atoms with E-state index in [1.54, 1.807) is 6.20 Å². The standard InChI is InChI=1S/C18H16ClN5/c19-17-15-10-13-4-1-2-5-14(13)11-16(15)18(23-22-17)21-6-3-8-24-9-7-20-12-24/h1-2,4-5,7,9-12H,3,6,8H2,(H,21,23). The van der Waals surface area contributed by atoms with Gasteiger partial charge in [-0.25, -0.2) is 4.98 Å². The van der Waals surface area contributed by atoms with Gasteiger partial charge in [-0.1, -0.05) is 35.9 Å². The molecule has 0 saturated heterocycles. The Kier molecular flexibility index (Phi) is 4.01. The molecule has 4 rings (SSSR count). The van der Waals surface area contributed by atoms with Crippen molar-refractivity contribution in [3.63, 3.8) is 0 Å². The van der Waals surface area contributed by atoms with Crippen molar-refractivity contribution in [3.8, 4) is 0 Å². The molecule has 0 unspecified atom stereocenters. The highest BCUT2D eigenvalue weighted by molar-refractivity contribution is 6.35. The molecule has 6 heteroatoms.